The number of hydrogen-bond donors (Lipinski definition) is 1. The van der Waals surface area contributed by atoms with Crippen molar-refractivity contribution in [3.8, 4) is 0 Å². The molecule has 0 aliphatic carbocycles. The van der Waals surface area contributed by atoms with Gasteiger partial charge in [-0.15, -0.1) is 0 Å². The molecule has 1 heterocycles. The maximum Gasteiger partial charge on any atom is 0.316 e. The Morgan fingerprint density at radius 2 is 2.24 bits per heavy atom. The van der Waals surface area contributed by atoms with Gasteiger partial charge in [0.1, 0.15) is 5.60 Å². The van der Waals surface area contributed by atoms with E-state index >= 15 is 0 Å². The summed E-state index contributed by atoms with van der Waals surface area (Å²) in [5.41, 5.74) is 0.256. The highest BCUT2D eigenvalue weighted by atomic mass is 32.2. The summed E-state index contributed by atoms with van der Waals surface area (Å²) < 4.78 is 6.95. The Labute approximate surface area is 105 Å². The lowest BCUT2D eigenvalue weighted by atomic mass is 10.2. The van der Waals surface area contributed by atoms with Crippen LogP contribution in [0.1, 0.15) is 26.5 Å². The molecule has 17 heavy (non-hydrogen) atoms. The molecule has 0 saturated heterocycles. The molecule has 96 valence electrons. The number of hydrogen-bond acceptors (Lipinski definition) is 5. The van der Waals surface area contributed by atoms with Crippen LogP contribution in [0.3, 0.4) is 0 Å². The van der Waals surface area contributed by atoms with Gasteiger partial charge in [0.2, 0.25) is 0 Å². The minimum Gasteiger partial charge on any atom is -0.459 e. The lowest BCUT2D eigenvalue weighted by Gasteiger charge is -2.19. The molecule has 5 nitrogen and oxygen atoms in total. The van der Waals surface area contributed by atoms with Crippen molar-refractivity contribution in [3.05, 3.63) is 11.9 Å². The molecule has 0 aliphatic heterocycles. The van der Waals surface area contributed by atoms with E-state index in [-0.39, 0.29) is 18.3 Å². The normalized spacial score (nSPS) is 11.6. The van der Waals surface area contributed by atoms with E-state index in [1.165, 1.54) is 11.8 Å². The number of carbonyl (C=O) groups is 1. The van der Waals surface area contributed by atoms with Crippen molar-refractivity contribution in [3.63, 3.8) is 0 Å². The summed E-state index contributed by atoms with van der Waals surface area (Å²) in [6, 6.07) is 0. The number of nitrogens with zero attached hydrogens (tertiary/aromatic N) is 2. The highest BCUT2D eigenvalue weighted by Crippen LogP contribution is 2.18. The second-order valence-electron chi connectivity index (χ2n) is 4.62. The summed E-state index contributed by atoms with van der Waals surface area (Å²) in [6.45, 7) is 5.44. The zero-order chi connectivity index (χ0) is 13.1. The SMILES string of the molecule is Cn1c(CO)cnc1SCC(=O)OC(C)(C)C. The van der Waals surface area contributed by atoms with E-state index in [9.17, 15) is 4.79 Å². The molecular weight excluding hydrogens is 240 g/mol. The predicted octanol–water partition coefficient (Wildman–Crippen LogP) is 1.35. The maximum absolute atomic E-state index is 11.5. The van der Waals surface area contributed by atoms with Gasteiger partial charge in [-0.1, -0.05) is 11.8 Å². The molecular formula is C11H18N2O3S. The van der Waals surface area contributed by atoms with Gasteiger partial charge in [-0.25, -0.2) is 4.98 Å². The Hall–Kier alpha value is -1.01. The molecule has 0 aromatic carbocycles. The Bertz CT molecular complexity index is 396. The van der Waals surface area contributed by atoms with Crippen LogP contribution in [-0.4, -0.2) is 32.0 Å². The lowest BCUT2D eigenvalue weighted by molar-refractivity contribution is -0.151. The summed E-state index contributed by atoms with van der Waals surface area (Å²) in [5, 5.41) is 9.69. The number of esters is 1. The molecule has 0 aliphatic rings. The highest BCUT2D eigenvalue weighted by molar-refractivity contribution is 7.99. The van der Waals surface area contributed by atoms with Crippen molar-refractivity contribution in [1.82, 2.24) is 9.55 Å². The smallest absolute Gasteiger partial charge is 0.316 e. The van der Waals surface area contributed by atoms with E-state index in [0.29, 0.717) is 5.16 Å². The van der Waals surface area contributed by atoms with Gasteiger partial charge >= 0.3 is 5.97 Å². The van der Waals surface area contributed by atoms with Crippen LogP contribution in [0.5, 0.6) is 0 Å². The van der Waals surface area contributed by atoms with Crippen LogP contribution >= 0.6 is 11.8 Å². The van der Waals surface area contributed by atoms with Crippen LogP contribution in [0.15, 0.2) is 11.4 Å². The fraction of sp³-hybridized carbons (Fsp3) is 0.636. The molecule has 0 fully saturated rings. The van der Waals surface area contributed by atoms with Crippen molar-refractivity contribution in [2.24, 2.45) is 7.05 Å². The number of thioether (sulfide) groups is 1. The molecule has 1 aromatic heterocycles. The van der Waals surface area contributed by atoms with E-state index in [4.69, 9.17) is 9.84 Å². The first-order chi connectivity index (χ1) is 7.83. The molecule has 0 amide bonds. The van der Waals surface area contributed by atoms with Crippen molar-refractivity contribution in [2.75, 3.05) is 5.75 Å². The van der Waals surface area contributed by atoms with E-state index in [2.05, 4.69) is 4.98 Å². The van der Waals surface area contributed by atoms with E-state index in [0.717, 1.165) is 5.69 Å². The van der Waals surface area contributed by atoms with Gasteiger partial charge in [-0.2, -0.15) is 0 Å². The van der Waals surface area contributed by atoms with Gasteiger partial charge in [-0.05, 0) is 20.8 Å². The van der Waals surface area contributed by atoms with Gasteiger partial charge in [0.15, 0.2) is 5.16 Å². The fourth-order valence-electron chi connectivity index (χ4n) is 1.20. The summed E-state index contributed by atoms with van der Waals surface area (Å²) >= 11 is 1.30. The minimum atomic E-state index is -0.463. The van der Waals surface area contributed by atoms with Gasteiger partial charge < -0.3 is 14.4 Å². The largest absolute Gasteiger partial charge is 0.459 e. The summed E-state index contributed by atoms with van der Waals surface area (Å²) in [6.07, 6.45) is 1.59. The number of ether oxygens (including phenoxy) is 1. The molecule has 6 heteroatoms. The first-order valence-electron chi connectivity index (χ1n) is 5.29. The van der Waals surface area contributed by atoms with Crippen LogP contribution in [-0.2, 0) is 23.2 Å². The van der Waals surface area contributed by atoms with Gasteiger partial charge in [0.25, 0.3) is 0 Å². The van der Waals surface area contributed by atoms with E-state index in [1.54, 1.807) is 17.8 Å². The molecule has 0 unspecified atom stereocenters. The Morgan fingerprint density at radius 3 is 2.71 bits per heavy atom. The molecule has 0 saturated carbocycles. The lowest BCUT2D eigenvalue weighted by Crippen LogP contribution is -2.25. The number of aliphatic hydroxyl groups is 1. The standard InChI is InChI=1S/C11H18N2O3S/c1-11(2,3)16-9(15)7-17-10-12-5-8(6-14)13(10)4/h5,14H,6-7H2,1-4H3. The number of carbonyl (C=O) groups excluding carboxylic acids is 1. The quantitative estimate of drug-likeness (QED) is 0.652. The molecule has 1 N–H and O–H groups in total. The minimum absolute atomic E-state index is 0.0590. The second-order valence-corrected chi connectivity index (χ2v) is 5.57. The average Bonchev–Trinajstić information content (AvgIpc) is 2.54. The van der Waals surface area contributed by atoms with Crippen LogP contribution in [0.2, 0.25) is 0 Å². The Balaban J connectivity index is 2.50. The van der Waals surface area contributed by atoms with Gasteiger partial charge in [-0.3, -0.25) is 4.79 Å². The molecule has 0 bridgehead atoms. The third kappa shape index (κ3) is 4.40. The van der Waals surface area contributed by atoms with Crippen molar-refractivity contribution in [2.45, 2.75) is 38.1 Å². The van der Waals surface area contributed by atoms with E-state index < -0.39 is 5.60 Å². The molecule has 0 spiro atoms. The summed E-state index contributed by atoms with van der Waals surface area (Å²) in [5.74, 6) is -0.0523. The number of aliphatic hydroxyl groups excluding tert-OH is 1. The summed E-state index contributed by atoms with van der Waals surface area (Å²) in [7, 11) is 1.80. The van der Waals surface area contributed by atoms with Crippen LogP contribution in [0.25, 0.3) is 0 Å². The first kappa shape index (κ1) is 14.1. The monoisotopic (exact) mass is 258 g/mol. The second kappa shape index (κ2) is 5.55. The average molecular weight is 258 g/mol. The molecule has 1 aromatic rings. The van der Waals surface area contributed by atoms with Gasteiger partial charge in [0, 0.05) is 7.05 Å². The zero-order valence-electron chi connectivity index (χ0n) is 10.6. The van der Waals surface area contributed by atoms with Crippen molar-refractivity contribution in [1.29, 1.82) is 0 Å². The van der Waals surface area contributed by atoms with Crippen LogP contribution < -0.4 is 0 Å². The molecule has 0 radical (unpaired) electrons. The Morgan fingerprint density at radius 1 is 1.59 bits per heavy atom. The summed E-state index contributed by atoms with van der Waals surface area (Å²) in [4.78, 5) is 15.6. The number of aromatic nitrogens is 2. The van der Waals surface area contributed by atoms with Crippen molar-refractivity contribution >= 4 is 17.7 Å². The third-order valence-electron chi connectivity index (χ3n) is 1.94. The molecule has 0 atom stereocenters. The zero-order valence-corrected chi connectivity index (χ0v) is 11.4. The highest BCUT2D eigenvalue weighted by Gasteiger charge is 2.17. The predicted molar refractivity (Wildman–Crippen MR) is 65.7 cm³/mol. The van der Waals surface area contributed by atoms with Crippen molar-refractivity contribution < 1.29 is 14.6 Å². The Kier molecular flexibility index (Phi) is 4.59. The first-order valence-corrected chi connectivity index (χ1v) is 6.28. The van der Waals surface area contributed by atoms with Gasteiger partial charge in [0.05, 0.1) is 24.3 Å². The fourth-order valence-corrected chi connectivity index (χ4v) is 1.95. The topological polar surface area (TPSA) is 64.3 Å². The number of imidazole rings is 1. The van der Waals surface area contributed by atoms with Crippen LogP contribution in [0, 0.1) is 0 Å². The third-order valence-corrected chi connectivity index (χ3v) is 2.96. The van der Waals surface area contributed by atoms with Crippen LogP contribution in [0.4, 0.5) is 0 Å². The maximum atomic E-state index is 11.5. The molecule has 1 rings (SSSR count). The van der Waals surface area contributed by atoms with E-state index in [1.807, 2.05) is 20.8 Å². The number of rotatable bonds is 4.